The van der Waals surface area contributed by atoms with E-state index in [2.05, 4.69) is 55.0 Å². The molecule has 0 amide bonds. The van der Waals surface area contributed by atoms with Gasteiger partial charge < -0.3 is 5.32 Å². The lowest BCUT2D eigenvalue weighted by molar-refractivity contribution is 0.354. The van der Waals surface area contributed by atoms with E-state index < -0.39 is 0 Å². The fraction of sp³-hybridized carbons (Fsp3) is 0.500. The van der Waals surface area contributed by atoms with E-state index in [9.17, 15) is 0 Å². The summed E-state index contributed by atoms with van der Waals surface area (Å²) in [4.78, 5) is 2.80. The molecule has 1 N–H and O–H groups in total. The molecule has 0 bridgehead atoms. The Morgan fingerprint density at radius 2 is 2.00 bits per heavy atom. The van der Waals surface area contributed by atoms with E-state index in [0.29, 0.717) is 6.04 Å². The molecule has 1 nitrogen and oxygen atoms in total. The molecule has 3 heteroatoms. The quantitative estimate of drug-likeness (QED) is 0.721. The number of thiophene rings is 2. The summed E-state index contributed by atoms with van der Waals surface area (Å²) >= 11 is 3.67. The first-order valence-electron chi connectivity index (χ1n) is 7.09. The molecule has 1 atom stereocenters. The molecule has 2 heterocycles. The highest BCUT2D eigenvalue weighted by atomic mass is 32.1. The molecule has 0 aromatic carbocycles. The van der Waals surface area contributed by atoms with Crippen LogP contribution < -0.4 is 5.32 Å². The van der Waals surface area contributed by atoms with Crippen LogP contribution >= 0.6 is 22.7 Å². The lowest BCUT2D eigenvalue weighted by Gasteiger charge is -2.22. The van der Waals surface area contributed by atoms with E-state index in [1.165, 1.54) is 28.2 Å². The van der Waals surface area contributed by atoms with Gasteiger partial charge in [0.25, 0.3) is 0 Å². The van der Waals surface area contributed by atoms with Gasteiger partial charge in [-0.1, -0.05) is 32.8 Å². The Bertz CT molecular complexity index is 469. The minimum atomic E-state index is 0.599. The van der Waals surface area contributed by atoms with Gasteiger partial charge in [-0.3, -0.25) is 0 Å². The zero-order chi connectivity index (χ0) is 13.7. The molecular formula is C16H23NS2. The lowest BCUT2D eigenvalue weighted by atomic mass is 9.95. The van der Waals surface area contributed by atoms with Crippen molar-refractivity contribution in [2.75, 3.05) is 0 Å². The summed E-state index contributed by atoms with van der Waals surface area (Å²) in [6.07, 6.45) is 2.52. The highest BCUT2D eigenvalue weighted by Crippen LogP contribution is 2.29. The first kappa shape index (κ1) is 14.8. The molecule has 0 radical (unpaired) electrons. The van der Waals surface area contributed by atoms with Crippen LogP contribution in [0.3, 0.4) is 0 Å². The van der Waals surface area contributed by atoms with Gasteiger partial charge in [0.05, 0.1) is 0 Å². The fourth-order valence-electron chi connectivity index (χ4n) is 2.47. The van der Waals surface area contributed by atoms with E-state index >= 15 is 0 Å². The van der Waals surface area contributed by atoms with Crippen LogP contribution in [-0.2, 0) is 6.54 Å². The molecule has 104 valence electrons. The molecule has 0 aliphatic rings. The molecule has 2 rings (SSSR count). The average Bonchev–Trinajstić information content (AvgIpc) is 3.08. The Balaban J connectivity index is 1.90. The number of nitrogens with one attached hydrogen (secondary N) is 1. The second kappa shape index (κ2) is 7.22. The molecule has 0 saturated heterocycles. The maximum absolute atomic E-state index is 3.67. The van der Waals surface area contributed by atoms with Gasteiger partial charge in [-0.05, 0) is 35.7 Å². The molecule has 0 spiro atoms. The van der Waals surface area contributed by atoms with Gasteiger partial charge in [-0.25, -0.2) is 0 Å². The third kappa shape index (κ3) is 3.91. The lowest BCUT2D eigenvalue weighted by Crippen LogP contribution is -2.32. The predicted octanol–water partition coefficient (Wildman–Crippen LogP) is 5.39. The molecule has 2 aromatic rings. The van der Waals surface area contributed by atoms with Crippen molar-refractivity contribution in [3.63, 3.8) is 0 Å². The third-order valence-electron chi connectivity index (χ3n) is 3.81. The molecule has 0 saturated carbocycles. The number of hydrogen-bond donors (Lipinski definition) is 1. The first-order chi connectivity index (χ1) is 9.24. The van der Waals surface area contributed by atoms with Crippen molar-refractivity contribution >= 4 is 22.7 Å². The molecule has 0 aliphatic carbocycles. The van der Waals surface area contributed by atoms with Crippen LogP contribution in [0.4, 0.5) is 0 Å². The van der Waals surface area contributed by atoms with E-state index in [0.717, 1.165) is 12.5 Å². The van der Waals surface area contributed by atoms with Gasteiger partial charge in [0, 0.05) is 27.9 Å². The van der Waals surface area contributed by atoms with Crippen LogP contribution in [0.1, 0.15) is 38.5 Å². The van der Waals surface area contributed by atoms with Gasteiger partial charge in [-0.2, -0.15) is 0 Å². The van der Waals surface area contributed by atoms with E-state index in [1.54, 1.807) is 0 Å². The summed E-state index contributed by atoms with van der Waals surface area (Å²) in [6.45, 7) is 7.87. The van der Waals surface area contributed by atoms with E-state index in [-0.39, 0.29) is 0 Å². The summed E-state index contributed by atoms with van der Waals surface area (Å²) in [6, 6.07) is 7.23. The van der Waals surface area contributed by atoms with Crippen LogP contribution in [-0.4, -0.2) is 6.04 Å². The van der Waals surface area contributed by atoms with Gasteiger partial charge in [0.2, 0.25) is 0 Å². The molecule has 0 aliphatic heterocycles. The first-order valence-corrected chi connectivity index (χ1v) is 8.85. The summed E-state index contributed by atoms with van der Waals surface area (Å²) < 4.78 is 0. The van der Waals surface area contributed by atoms with Crippen molar-refractivity contribution in [1.29, 1.82) is 0 Å². The number of hydrogen-bond acceptors (Lipinski definition) is 3. The van der Waals surface area contributed by atoms with Crippen LogP contribution in [0.5, 0.6) is 0 Å². The van der Waals surface area contributed by atoms with Crippen LogP contribution in [0.2, 0.25) is 0 Å². The molecular weight excluding hydrogens is 270 g/mol. The third-order valence-corrected chi connectivity index (χ3v) is 5.67. The second-order valence-corrected chi connectivity index (χ2v) is 6.97. The normalized spacial score (nSPS) is 13.1. The van der Waals surface area contributed by atoms with Crippen molar-refractivity contribution in [2.24, 2.45) is 5.92 Å². The molecule has 2 aromatic heterocycles. The second-order valence-electron chi connectivity index (χ2n) is 5.03. The highest BCUT2D eigenvalue weighted by Gasteiger charge is 2.13. The van der Waals surface area contributed by atoms with Gasteiger partial charge in [-0.15, -0.1) is 22.7 Å². The zero-order valence-electron chi connectivity index (χ0n) is 12.0. The largest absolute Gasteiger partial charge is 0.309 e. The van der Waals surface area contributed by atoms with Crippen molar-refractivity contribution in [2.45, 2.75) is 46.2 Å². The van der Waals surface area contributed by atoms with Crippen molar-refractivity contribution < 1.29 is 0 Å². The summed E-state index contributed by atoms with van der Waals surface area (Å²) in [5.74, 6) is 0.789. The highest BCUT2D eigenvalue weighted by molar-refractivity contribution is 7.14. The van der Waals surface area contributed by atoms with Gasteiger partial charge in [0.1, 0.15) is 0 Å². The van der Waals surface area contributed by atoms with E-state index in [1.807, 2.05) is 22.7 Å². The summed E-state index contributed by atoms with van der Waals surface area (Å²) in [5, 5.41) is 8.08. The predicted molar refractivity (Wildman–Crippen MR) is 88.0 cm³/mol. The van der Waals surface area contributed by atoms with Crippen molar-refractivity contribution in [1.82, 2.24) is 5.32 Å². The monoisotopic (exact) mass is 293 g/mol. The smallest absolute Gasteiger partial charge is 0.0351 e. The maximum atomic E-state index is 3.67. The Hall–Kier alpha value is -0.640. The van der Waals surface area contributed by atoms with Crippen molar-refractivity contribution in [3.8, 4) is 10.4 Å². The molecule has 1 unspecified atom stereocenters. The standard InChI is InChI=1S/C16H23NS2/c1-4-13(5-2)12(3)17-10-15-9-14(11-19-15)16-7-6-8-18-16/h6-9,11-13,17H,4-5,10H2,1-3H3. The SMILES string of the molecule is CCC(CC)C(C)NCc1cc(-c2cccs2)cs1. The van der Waals surface area contributed by atoms with Crippen LogP contribution in [0.25, 0.3) is 10.4 Å². The van der Waals surface area contributed by atoms with Gasteiger partial charge >= 0.3 is 0 Å². The minimum Gasteiger partial charge on any atom is -0.309 e. The Morgan fingerprint density at radius 3 is 2.63 bits per heavy atom. The maximum Gasteiger partial charge on any atom is 0.0351 e. The summed E-state index contributed by atoms with van der Waals surface area (Å²) in [5.41, 5.74) is 1.37. The average molecular weight is 294 g/mol. The Morgan fingerprint density at radius 1 is 1.21 bits per heavy atom. The molecule has 0 fully saturated rings. The number of rotatable bonds is 7. The van der Waals surface area contributed by atoms with Crippen LogP contribution in [0.15, 0.2) is 29.0 Å². The van der Waals surface area contributed by atoms with Crippen molar-refractivity contribution in [3.05, 3.63) is 33.8 Å². The Kier molecular flexibility index (Phi) is 5.61. The fourth-order valence-corrected chi connectivity index (χ4v) is 4.09. The van der Waals surface area contributed by atoms with Crippen LogP contribution in [0, 0.1) is 5.92 Å². The summed E-state index contributed by atoms with van der Waals surface area (Å²) in [7, 11) is 0. The zero-order valence-corrected chi connectivity index (χ0v) is 13.6. The van der Waals surface area contributed by atoms with E-state index in [4.69, 9.17) is 0 Å². The topological polar surface area (TPSA) is 12.0 Å². The van der Waals surface area contributed by atoms with Gasteiger partial charge in [0.15, 0.2) is 0 Å². The molecule has 19 heavy (non-hydrogen) atoms. The minimum absolute atomic E-state index is 0.599. The Labute approximate surface area is 124 Å².